The first-order chi connectivity index (χ1) is 7.71. The number of carbonyl (C=O) groups is 2. The number of rotatable bonds is 3. The van der Waals surface area contributed by atoms with Crippen molar-refractivity contribution in [2.75, 3.05) is 0 Å². The van der Waals surface area contributed by atoms with E-state index >= 15 is 0 Å². The van der Waals surface area contributed by atoms with Crippen molar-refractivity contribution >= 4 is 31.7 Å². The van der Waals surface area contributed by atoms with Gasteiger partial charge in [-0.05, 0) is 6.92 Å². The van der Waals surface area contributed by atoms with E-state index in [0.29, 0.717) is 0 Å². The molecule has 17 heavy (non-hydrogen) atoms. The van der Waals surface area contributed by atoms with Gasteiger partial charge in [-0.1, -0.05) is 0 Å². The Hall–Kier alpha value is -1.61. The molecule has 0 aliphatic heterocycles. The number of aromatic nitrogens is 2. The molecular formula is C7H9ClN4O4S. The van der Waals surface area contributed by atoms with Crippen LogP contribution in [0.25, 0.3) is 0 Å². The molecule has 1 heterocycles. The second-order valence-electron chi connectivity index (χ2n) is 3.13. The maximum Gasteiger partial charge on any atom is 0.318 e. The molecule has 0 aliphatic carbocycles. The van der Waals surface area contributed by atoms with Crippen LogP contribution in [0.1, 0.15) is 13.0 Å². The minimum Gasteiger partial charge on any atom is -0.351 e. The molecule has 1 unspecified atom stereocenters. The minimum atomic E-state index is -3.95. The number of imide groups is 1. The highest BCUT2D eigenvalue weighted by atomic mass is 35.7. The topological polar surface area (TPSA) is 124 Å². The standard InChI is InChI=1S/C7H9ClN4O4S/c1-4(6(13)11-7(9)14)12-2-5(10-3-12)17(8,15)16/h2-4H,1H3,(H3,9,11,13,14). The Morgan fingerprint density at radius 3 is 2.59 bits per heavy atom. The number of amides is 3. The number of urea groups is 1. The third-order valence-corrected chi connectivity index (χ3v) is 3.09. The number of primary amides is 1. The van der Waals surface area contributed by atoms with Crippen molar-refractivity contribution in [1.29, 1.82) is 0 Å². The maximum atomic E-state index is 11.4. The first-order valence-corrected chi connectivity index (χ1v) is 6.61. The summed E-state index contributed by atoms with van der Waals surface area (Å²) in [5.74, 6) is -0.687. The Kier molecular flexibility index (Phi) is 3.73. The summed E-state index contributed by atoms with van der Waals surface area (Å²) in [5.41, 5.74) is 4.77. The molecule has 8 nitrogen and oxygen atoms in total. The molecule has 3 N–H and O–H groups in total. The van der Waals surface area contributed by atoms with Crippen LogP contribution in [0, 0.1) is 0 Å². The SMILES string of the molecule is CC(C(=O)NC(N)=O)n1cnc(S(=O)(=O)Cl)c1. The molecule has 10 heteroatoms. The third-order valence-electron chi connectivity index (χ3n) is 1.90. The number of nitrogens with one attached hydrogen (secondary N) is 1. The molecule has 1 rings (SSSR count). The first kappa shape index (κ1) is 13.5. The van der Waals surface area contributed by atoms with Crippen molar-refractivity contribution in [3.63, 3.8) is 0 Å². The molecule has 94 valence electrons. The van der Waals surface area contributed by atoms with Crippen molar-refractivity contribution in [2.45, 2.75) is 18.0 Å². The van der Waals surface area contributed by atoms with Crippen LogP contribution in [0.15, 0.2) is 17.6 Å². The van der Waals surface area contributed by atoms with Crippen LogP contribution in [-0.2, 0) is 13.8 Å². The molecule has 0 saturated heterocycles. The summed E-state index contributed by atoms with van der Waals surface area (Å²) >= 11 is 0. The summed E-state index contributed by atoms with van der Waals surface area (Å²) in [6.07, 6.45) is 2.19. The Morgan fingerprint density at radius 2 is 2.18 bits per heavy atom. The Labute approximate surface area is 101 Å². The molecule has 0 bridgehead atoms. The Bertz CT molecular complexity index is 552. The van der Waals surface area contributed by atoms with E-state index in [2.05, 4.69) is 4.98 Å². The fourth-order valence-corrected chi connectivity index (χ4v) is 1.68. The second kappa shape index (κ2) is 4.72. The van der Waals surface area contributed by atoms with Crippen molar-refractivity contribution < 1.29 is 18.0 Å². The normalized spacial score (nSPS) is 13.1. The molecule has 1 aromatic heterocycles. The van der Waals surface area contributed by atoms with E-state index in [1.165, 1.54) is 11.5 Å². The number of imidazole rings is 1. The van der Waals surface area contributed by atoms with Gasteiger partial charge in [-0.2, -0.15) is 0 Å². The minimum absolute atomic E-state index is 0.377. The fourth-order valence-electron chi connectivity index (χ4n) is 1.02. The van der Waals surface area contributed by atoms with Gasteiger partial charge in [0.15, 0.2) is 5.03 Å². The number of nitrogens with two attached hydrogens (primary N) is 1. The van der Waals surface area contributed by atoms with Crippen LogP contribution in [0.4, 0.5) is 4.79 Å². The number of nitrogens with zero attached hydrogens (tertiary/aromatic N) is 2. The van der Waals surface area contributed by atoms with Crippen molar-refractivity contribution in [3.8, 4) is 0 Å². The lowest BCUT2D eigenvalue weighted by Gasteiger charge is -2.10. The lowest BCUT2D eigenvalue weighted by molar-refractivity contribution is -0.122. The highest BCUT2D eigenvalue weighted by Gasteiger charge is 2.20. The third kappa shape index (κ3) is 3.43. The van der Waals surface area contributed by atoms with Crippen LogP contribution in [0.3, 0.4) is 0 Å². The predicted octanol–water partition coefficient (Wildman–Crippen LogP) is -0.433. The summed E-state index contributed by atoms with van der Waals surface area (Å²) in [5, 5.41) is 1.48. The maximum absolute atomic E-state index is 11.4. The molecule has 0 saturated carbocycles. The van der Waals surface area contributed by atoms with Gasteiger partial charge in [0.1, 0.15) is 6.04 Å². The zero-order valence-corrected chi connectivity index (χ0v) is 10.2. The highest BCUT2D eigenvalue weighted by Crippen LogP contribution is 2.14. The van der Waals surface area contributed by atoms with E-state index in [4.69, 9.17) is 16.4 Å². The number of halogens is 1. The van der Waals surface area contributed by atoms with E-state index in [1.54, 1.807) is 0 Å². The van der Waals surface area contributed by atoms with Gasteiger partial charge in [0, 0.05) is 16.9 Å². The molecule has 0 fully saturated rings. The summed E-state index contributed by atoms with van der Waals surface area (Å²) in [7, 11) is 1.11. The molecular weight excluding hydrogens is 272 g/mol. The smallest absolute Gasteiger partial charge is 0.318 e. The summed E-state index contributed by atoms with van der Waals surface area (Å²) in [4.78, 5) is 25.3. The zero-order valence-electron chi connectivity index (χ0n) is 8.62. The molecule has 0 spiro atoms. The van der Waals surface area contributed by atoms with Crippen molar-refractivity contribution in [2.24, 2.45) is 5.73 Å². The first-order valence-electron chi connectivity index (χ1n) is 4.30. The van der Waals surface area contributed by atoms with Crippen molar-refractivity contribution in [1.82, 2.24) is 14.9 Å². The monoisotopic (exact) mass is 280 g/mol. The number of hydrogen-bond donors (Lipinski definition) is 2. The number of hydrogen-bond acceptors (Lipinski definition) is 5. The molecule has 1 aromatic rings. The second-order valence-corrected chi connectivity index (χ2v) is 5.64. The highest BCUT2D eigenvalue weighted by molar-refractivity contribution is 8.13. The number of carbonyl (C=O) groups excluding carboxylic acids is 2. The van der Waals surface area contributed by atoms with Gasteiger partial charge in [-0.25, -0.2) is 18.2 Å². The predicted molar refractivity (Wildman–Crippen MR) is 57.7 cm³/mol. The van der Waals surface area contributed by atoms with Gasteiger partial charge >= 0.3 is 6.03 Å². The van der Waals surface area contributed by atoms with E-state index in [9.17, 15) is 18.0 Å². The molecule has 0 aromatic carbocycles. The average molecular weight is 281 g/mol. The molecule has 0 aliphatic rings. The Balaban J connectivity index is 2.91. The summed E-state index contributed by atoms with van der Waals surface area (Å²) in [6, 6.07) is -1.84. The summed E-state index contributed by atoms with van der Waals surface area (Å²) in [6.45, 7) is 1.44. The van der Waals surface area contributed by atoms with Crippen LogP contribution >= 0.6 is 10.7 Å². The van der Waals surface area contributed by atoms with Gasteiger partial charge in [0.2, 0.25) is 0 Å². The average Bonchev–Trinajstić information content (AvgIpc) is 2.63. The van der Waals surface area contributed by atoms with Crippen LogP contribution in [0.2, 0.25) is 0 Å². The van der Waals surface area contributed by atoms with E-state index < -0.39 is 27.0 Å². The van der Waals surface area contributed by atoms with E-state index in [1.807, 2.05) is 5.32 Å². The van der Waals surface area contributed by atoms with Gasteiger partial charge in [0.05, 0.1) is 6.33 Å². The van der Waals surface area contributed by atoms with Gasteiger partial charge in [-0.3, -0.25) is 10.1 Å². The van der Waals surface area contributed by atoms with Gasteiger partial charge in [0.25, 0.3) is 15.0 Å². The van der Waals surface area contributed by atoms with Gasteiger partial charge < -0.3 is 10.3 Å². The van der Waals surface area contributed by atoms with Crippen LogP contribution in [0.5, 0.6) is 0 Å². The zero-order chi connectivity index (χ0) is 13.2. The summed E-state index contributed by atoms with van der Waals surface area (Å²) < 4.78 is 23.1. The lowest BCUT2D eigenvalue weighted by Crippen LogP contribution is -2.38. The van der Waals surface area contributed by atoms with E-state index in [0.717, 1.165) is 12.5 Å². The van der Waals surface area contributed by atoms with Gasteiger partial charge in [-0.15, -0.1) is 0 Å². The van der Waals surface area contributed by atoms with Crippen LogP contribution < -0.4 is 11.1 Å². The Morgan fingerprint density at radius 1 is 1.59 bits per heavy atom. The molecule has 3 amide bonds. The van der Waals surface area contributed by atoms with Crippen LogP contribution in [-0.4, -0.2) is 29.9 Å². The molecule has 0 radical (unpaired) electrons. The fraction of sp³-hybridized carbons (Fsp3) is 0.286. The van der Waals surface area contributed by atoms with Crippen molar-refractivity contribution in [3.05, 3.63) is 12.5 Å². The van der Waals surface area contributed by atoms with E-state index in [-0.39, 0.29) is 5.03 Å². The quantitative estimate of drug-likeness (QED) is 0.727. The largest absolute Gasteiger partial charge is 0.351 e. The lowest BCUT2D eigenvalue weighted by atomic mass is 10.3. The molecule has 1 atom stereocenters.